The van der Waals surface area contributed by atoms with Crippen molar-refractivity contribution >= 4 is 27.6 Å². The maximum Gasteiger partial charge on any atom is 0.431 e. The van der Waals surface area contributed by atoms with E-state index in [1.807, 2.05) is 43.3 Å². The summed E-state index contributed by atoms with van der Waals surface area (Å²) in [4.78, 5) is 47.2. The van der Waals surface area contributed by atoms with Crippen LogP contribution < -0.4 is 11.2 Å². The van der Waals surface area contributed by atoms with E-state index in [0.29, 0.717) is 37.4 Å². The topological polar surface area (TPSA) is 92.4 Å². The van der Waals surface area contributed by atoms with Crippen molar-refractivity contribution in [1.29, 1.82) is 0 Å². The third kappa shape index (κ3) is 5.76. The Hall–Kier alpha value is -4.89. The molecule has 0 saturated heterocycles. The lowest BCUT2D eigenvalue weighted by Gasteiger charge is -2.31. The number of rotatable bonds is 5. The molecule has 0 spiro atoms. The number of hydrogen-bond donors (Lipinski definition) is 0. The fourth-order valence-corrected chi connectivity index (χ4v) is 5.66. The minimum atomic E-state index is -4.88. The number of hydrogen-bond acceptors (Lipinski definition) is 7. The Kier molecular flexibility index (Phi) is 7.86. The molecule has 0 saturated carbocycles. The summed E-state index contributed by atoms with van der Waals surface area (Å²) in [7, 11) is 0.958. The Morgan fingerprint density at radius 1 is 1.14 bits per heavy atom. The Labute approximate surface area is 247 Å². The van der Waals surface area contributed by atoms with Gasteiger partial charge in [0.25, 0.3) is 5.56 Å². The van der Waals surface area contributed by atoms with Crippen molar-refractivity contribution < 1.29 is 27.7 Å². The van der Waals surface area contributed by atoms with Gasteiger partial charge in [0.05, 0.1) is 16.1 Å². The molecular formula is C31H24F3N3O5S. The zero-order chi connectivity index (χ0) is 30.9. The van der Waals surface area contributed by atoms with Crippen LogP contribution in [0, 0.1) is 17.8 Å². The average molecular weight is 608 g/mol. The standard InChI is InChI=1S/C31H24F3N3O5S/c1-19-11-13-23(42-41-20(2)38)18-30(19,15-7-10-21-8-5-4-6-9-21)28-24-16-22(12-14-25(24)43-35-28)37-27(39)17-26(31(32,33)34)36(3)29(37)40/h4-6,8-9,11-14,16-19H,10H2,1-3H3. The van der Waals surface area contributed by atoms with Crippen LogP contribution >= 0.6 is 11.5 Å². The quantitative estimate of drug-likeness (QED) is 0.175. The van der Waals surface area contributed by atoms with Gasteiger partial charge in [0.1, 0.15) is 11.1 Å². The van der Waals surface area contributed by atoms with Crippen molar-refractivity contribution in [3.05, 3.63) is 116 Å². The van der Waals surface area contributed by atoms with Crippen LogP contribution in [0.2, 0.25) is 0 Å². The number of alkyl halides is 3. The van der Waals surface area contributed by atoms with E-state index in [1.165, 1.54) is 19.1 Å². The van der Waals surface area contributed by atoms with E-state index in [4.69, 9.17) is 14.1 Å². The smallest absolute Gasteiger partial charge is 0.292 e. The van der Waals surface area contributed by atoms with Crippen LogP contribution in [0.4, 0.5) is 13.2 Å². The van der Waals surface area contributed by atoms with Crippen LogP contribution in [0.15, 0.2) is 88.2 Å². The van der Waals surface area contributed by atoms with Gasteiger partial charge >= 0.3 is 17.8 Å². The molecule has 43 heavy (non-hydrogen) atoms. The summed E-state index contributed by atoms with van der Waals surface area (Å²) in [6.45, 7) is 3.13. The predicted octanol–water partition coefficient (Wildman–Crippen LogP) is 5.23. The lowest BCUT2D eigenvalue weighted by atomic mass is 9.70. The summed E-state index contributed by atoms with van der Waals surface area (Å²) in [5.74, 6) is 5.87. The molecule has 12 heteroatoms. The third-order valence-electron chi connectivity index (χ3n) is 7.04. The lowest BCUT2D eigenvalue weighted by molar-refractivity contribution is -0.242. The zero-order valence-corrected chi connectivity index (χ0v) is 24.0. The number of halogens is 3. The molecule has 2 aromatic heterocycles. The maximum atomic E-state index is 13.4. The van der Waals surface area contributed by atoms with Gasteiger partial charge < -0.3 is 0 Å². The normalized spacial score (nSPS) is 18.1. The molecular weight excluding hydrogens is 583 g/mol. The predicted molar refractivity (Wildman–Crippen MR) is 154 cm³/mol. The summed E-state index contributed by atoms with van der Waals surface area (Å²) in [5, 5.41) is 0.538. The number of nitrogens with zero attached hydrogens (tertiary/aromatic N) is 3. The number of fused-ring (bicyclic) bond motifs is 1. The van der Waals surface area contributed by atoms with E-state index in [0.717, 1.165) is 24.1 Å². The van der Waals surface area contributed by atoms with E-state index in [9.17, 15) is 27.6 Å². The largest absolute Gasteiger partial charge is 0.431 e. The third-order valence-corrected chi connectivity index (χ3v) is 7.86. The second kappa shape index (κ2) is 11.4. The van der Waals surface area contributed by atoms with Gasteiger partial charge in [-0.3, -0.25) is 19.1 Å². The van der Waals surface area contributed by atoms with Gasteiger partial charge in [-0.25, -0.2) is 14.2 Å². The SMILES string of the molecule is CC(=O)OOC1=CC(C#CCc2ccccc2)(c2nsc3ccc(-n4c(=O)cc(C(F)(F)F)n(C)c4=O)cc23)C(C)C=C1. The lowest BCUT2D eigenvalue weighted by Crippen LogP contribution is -2.40. The summed E-state index contributed by atoms with van der Waals surface area (Å²) in [6, 6.07) is 14.7. The molecule has 5 rings (SSSR count). The van der Waals surface area contributed by atoms with Gasteiger partial charge in [-0.05, 0) is 47.4 Å². The van der Waals surface area contributed by atoms with Crippen LogP contribution in [0.25, 0.3) is 15.8 Å². The molecule has 4 aromatic rings. The first-order valence-corrected chi connectivity index (χ1v) is 13.8. The first-order valence-electron chi connectivity index (χ1n) is 13.0. The first-order chi connectivity index (χ1) is 20.4. The van der Waals surface area contributed by atoms with Crippen molar-refractivity contribution in [1.82, 2.24) is 13.5 Å². The van der Waals surface area contributed by atoms with Crippen molar-refractivity contribution in [2.75, 3.05) is 0 Å². The molecule has 2 atom stereocenters. The fraction of sp³-hybridized carbons (Fsp3) is 0.226. The highest BCUT2D eigenvalue weighted by molar-refractivity contribution is 7.13. The summed E-state index contributed by atoms with van der Waals surface area (Å²) in [5.41, 5.74) is -3.18. The summed E-state index contributed by atoms with van der Waals surface area (Å²) in [6.07, 6.45) is 0.728. The second-order valence-electron chi connectivity index (χ2n) is 9.94. The fourth-order valence-electron chi connectivity index (χ4n) is 4.83. The van der Waals surface area contributed by atoms with Crippen LogP contribution in [0.5, 0.6) is 0 Å². The molecule has 0 amide bonds. The first kappa shape index (κ1) is 29.6. The number of aromatic nitrogens is 3. The highest BCUT2D eigenvalue weighted by Crippen LogP contribution is 2.43. The van der Waals surface area contributed by atoms with Crippen LogP contribution in [-0.4, -0.2) is 19.5 Å². The number of allylic oxidation sites excluding steroid dienone is 3. The van der Waals surface area contributed by atoms with Gasteiger partial charge in [0, 0.05) is 37.8 Å². The molecule has 0 radical (unpaired) electrons. The van der Waals surface area contributed by atoms with Crippen LogP contribution in [0.1, 0.15) is 30.8 Å². The Bertz CT molecular complexity index is 1960. The van der Waals surface area contributed by atoms with E-state index in [-0.39, 0.29) is 17.4 Å². The molecule has 1 aliphatic carbocycles. The molecule has 2 aromatic carbocycles. The zero-order valence-electron chi connectivity index (χ0n) is 23.1. The van der Waals surface area contributed by atoms with Crippen LogP contribution in [0.3, 0.4) is 0 Å². The molecule has 2 unspecified atom stereocenters. The highest BCUT2D eigenvalue weighted by Gasteiger charge is 2.40. The molecule has 0 bridgehead atoms. The molecule has 2 heterocycles. The molecule has 0 N–H and O–H groups in total. The van der Waals surface area contributed by atoms with E-state index >= 15 is 0 Å². The Morgan fingerprint density at radius 3 is 2.58 bits per heavy atom. The number of benzene rings is 2. The van der Waals surface area contributed by atoms with E-state index in [1.54, 1.807) is 18.2 Å². The van der Waals surface area contributed by atoms with E-state index in [2.05, 4.69) is 11.8 Å². The average Bonchev–Trinajstić information content (AvgIpc) is 3.39. The minimum absolute atomic E-state index is 0.0695. The second-order valence-corrected chi connectivity index (χ2v) is 10.7. The summed E-state index contributed by atoms with van der Waals surface area (Å²) >= 11 is 1.16. The van der Waals surface area contributed by atoms with Gasteiger partial charge in [-0.15, -0.1) is 0 Å². The molecule has 8 nitrogen and oxygen atoms in total. The Morgan fingerprint density at radius 2 is 1.88 bits per heavy atom. The Balaban J connectivity index is 1.69. The minimum Gasteiger partial charge on any atom is -0.292 e. The van der Waals surface area contributed by atoms with Gasteiger partial charge in [-0.2, -0.15) is 17.5 Å². The van der Waals surface area contributed by atoms with Crippen molar-refractivity contribution in [3.8, 4) is 17.5 Å². The summed E-state index contributed by atoms with van der Waals surface area (Å²) < 4.78 is 46.7. The van der Waals surface area contributed by atoms with Crippen molar-refractivity contribution in [2.45, 2.75) is 31.9 Å². The molecule has 1 aliphatic rings. The van der Waals surface area contributed by atoms with Gasteiger partial charge in [0.15, 0.2) is 5.76 Å². The van der Waals surface area contributed by atoms with Crippen LogP contribution in [-0.2, 0) is 39.6 Å². The number of carbonyl (C=O) groups excluding carboxylic acids is 1. The molecule has 0 fully saturated rings. The maximum absolute atomic E-state index is 13.4. The highest BCUT2D eigenvalue weighted by atomic mass is 32.1. The van der Waals surface area contributed by atoms with Crippen molar-refractivity contribution in [2.24, 2.45) is 13.0 Å². The molecule has 220 valence electrons. The van der Waals surface area contributed by atoms with Gasteiger partial charge in [-0.1, -0.05) is 55.2 Å². The number of carbonyl (C=O) groups is 1. The van der Waals surface area contributed by atoms with Gasteiger partial charge in [0.2, 0.25) is 0 Å². The van der Waals surface area contributed by atoms with Crippen molar-refractivity contribution in [3.63, 3.8) is 0 Å². The van der Waals surface area contributed by atoms with E-state index < -0.39 is 34.5 Å². The monoisotopic (exact) mass is 607 g/mol. The molecule has 0 aliphatic heterocycles.